The molecule has 2 aromatic rings. The normalized spacial score (nSPS) is 9.73. The van der Waals surface area contributed by atoms with Crippen LogP contribution in [0.5, 0.6) is 0 Å². The molecule has 0 saturated carbocycles. The maximum Gasteiger partial charge on any atom is 0.261 e. The lowest BCUT2D eigenvalue weighted by atomic mass is 10.3. The van der Waals surface area contributed by atoms with Gasteiger partial charge in [-0.3, -0.25) is 4.79 Å². The van der Waals surface area contributed by atoms with Crippen LogP contribution in [0.15, 0.2) is 23.4 Å². The molecule has 0 aliphatic carbocycles. The number of pyridine rings is 1. The lowest BCUT2D eigenvalue weighted by Gasteiger charge is -2.02. The lowest BCUT2D eigenvalue weighted by molar-refractivity contribution is 0.842. The van der Waals surface area contributed by atoms with Gasteiger partial charge in [-0.05, 0) is 6.07 Å². The molecule has 0 aliphatic heterocycles. The predicted octanol–water partition coefficient (Wildman–Crippen LogP) is 0.0359. The van der Waals surface area contributed by atoms with Gasteiger partial charge in [-0.25, -0.2) is 15.8 Å². The van der Waals surface area contributed by atoms with Crippen LogP contribution in [0.4, 0.5) is 5.82 Å². The number of nitrogens with two attached hydrogens (primary N) is 1. The molecule has 2 rings (SSSR count). The van der Waals surface area contributed by atoms with Gasteiger partial charge in [0.1, 0.15) is 5.82 Å². The highest BCUT2D eigenvalue weighted by Gasteiger charge is 2.02. The maximum absolute atomic E-state index is 11.6. The molecule has 0 spiro atoms. The molecular formula is C8H10ClN5O. The van der Waals surface area contributed by atoms with Crippen molar-refractivity contribution in [3.63, 3.8) is 0 Å². The zero-order valence-electron chi connectivity index (χ0n) is 7.97. The predicted molar refractivity (Wildman–Crippen MR) is 59.8 cm³/mol. The molecule has 0 aromatic carbocycles. The third kappa shape index (κ3) is 1.90. The van der Waals surface area contributed by atoms with Gasteiger partial charge in [-0.2, -0.15) is 0 Å². The van der Waals surface area contributed by atoms with Gasteiger partial charge >= 0.3 is 0 Å². The number of fused-ring (bicyclic) bond motifs is 1. The van der Waals surface area contributed by atoms with Crippen LogP contribution >= 0.6 is 12.4 Å². The Hall–Kier alpha value is -1.66. The number of hydrogen-bond donors (Lipinski definition) is 2. The summed E-state index contributed by atoms with van der Waals surface area (Å²) in [5.74, 6) is 5.63. The molecule has 0 bridgehead atoms. The summed E-state index contributed by atoms with van der Waals surface area (Å²) in [6, 6.07) is 1.57. The molecule has 6 nitrogen and oxygen atoms in total. The number of nitrogens with one attached hydrogen (secondary N) is 1. The van der Waals surface area contributed by atoms with Gasteiger partial charge in [0.25, 0.3) is 5.56 Å². The van der Waals surface area contributed by atoms with Gasteiger partial charge in [0.05, 0.1) is 23.4 Å². The summed E-state index contributed by atoms with van der Waals surface area (Å²) in [5, 5.41) is 0.498. The molecule has 0 atom stereocenters. The Kier molecular flexibility index (Phi) is 3.23. The average Bonchev–Trinajstić information content (AvgIpc) is 2.23. The maximum atomic E-state index is 11.6. The van der Waals surface area contributed by atoms with E-state index >= 15 is 0 Å². The molecule has 0 amide bonds. The number of halogens is 1. The number of hydrogen-bond acceptors (Lipinski definition) is 5. The van der Waals surface area contributed by atoms with Crippen molar-refractivity contribution >= 4 is 29.1 Å². The van der Waals surface area contributed by atoms with Crippen molar-refractivity contribution in [1.82, 2.24) is 14.5 Å². The molecule has 3 N–H and O–H groups in total. The molecule has 0 saturated heterocycles. The summed E-state index contributed by atoms with van der Waals surface area (Å²) < 4.78 is 1.41. The van der Waals surface area contributed by atoms with E-state index in [9.17, 15) is 4.79 Å². The van der Waals surface area contributed by atoms with Gasteiger partial charge in [-0.1, -0.05) is 0 Å². The van der Waals surface area contributed by atoms with Crippen molar-refractivity contribution in [2.75, 3.05) is 5.43 Å². The Bertz CT molecular complexity index is 538. The van der Waals surface area contributed by atoms with Crippen LogP contribution in [-0.2, 0) is 7.05 Å². The molecule has 0 aliphatic rings. The largest absolute Gasteiger partial charge is 0.308 e. The number of rotatable bonds is 1. The van der Waals surface area contributed by atoms with E-state index in [0.29, 0.717) is 16.7 Å². The SMILES string of the molecule is Cl.Cn1cnc2cnc(NN)cc2c1=O. The summed E-state index contributed by atoms with van der Waals surface area (Å²) in [5.41, 5.74) is 2.82. The van der Waals surface area contributed by atoms with Crippen LogP contribution in [-0.4, -0.2) is 14.5 Å². The third-order valence-corrected chi connectivity index (χ3v) is 1.95. The van der Waals surface area contributed by atoms with E-state index in [2.05, 4.69) is 15.4 Å². The van der Waals surface area contributed by atoms with E-state index in [4.69, 9.17) is 5.84 Å². The fraction of sp³-hybridized carbons (Fsp3) is 0.125. The molecule has 2 aromatic heterocycles. The fourth-order valence-corrected chi connectivity index (χ4v) is 1.19. The van der Waals surface area contributed by atoms with Crippen molar-refractivity contribution in [3.8, 4) is 0 Å². The Morgan fingerprint density at radius 2 is 2.20 bits per heavy atom. The van der Waals surface area contributed by atoms with E-state index in [0.717, 1.165) is 0 Å². The number of aryl methyl sites for hydroxylation is 1. The van der Waals surface area contributed by atoms with E-state index in [1.54, 1.807) is 13.1 Å². The Morgan fingerprint density at radius 3 is 2.87 bits per heavy atom. The van der Waals surface area contributed by atoms with Gasteiger partial charge < -0.3 is 9.99 Å². The minimum Gasteiger partial charge on any atom is -0.308 e. The average molecular weight is 228 g/mol. The van der Waals surface area contributed by atoms with E-state index in [-0.39, 0.29) is 18.0 Å². The summed E-state index contributed by atoms with van der Waals surface area (Å²) in [7, 11) is 1.64. The summed E-state index contributed by atoms with van der Waals surface area (Å²) in [6.45, 7) is 0. The van der Waals surface area contributed by atoms with Crippen LogP contribution in [0.3, 0.4) is 0 Å². The number of nitrogens with zero attached hydrogens (tertiary/aromatic N) is 3. The summed E-state index contributed by atoms with van der Waals surface area (Å²) >= 11 is 0. The second-order valence-electron chi connectivity index (χ2n) is 2.89. The Labute approximate surface area is 91.5 Å². The highest BCUT2D eigenvalue weighted by molar-refractivity contribution is 5.85. The van der Waals surface area contributed by atoms with Crippen molar-refractivity contribution in [2.24, 2.45) is 12.9 Å². The van der Waals surface area contributed by atoms with Crippen LogP contribution in [0, 0.1) is 0 Å². The molecule has 0 unspecified atom stereocenters. The molecule has 7 heteroatoms. The standard InChI is InChI=1S/C8H9N5O.ClH/c1-13-4-11-6-3-10-7(12-9)2-5(6)8(13)14;/h2-4H,9H2,1H3,(H,10,12);1H. The summed E-state index contributed by atoms with van der Waals surface area (Å²) in [6.07, 6.45) is 2.97. The van der Waals surface area contributed by atoms with E-state index in [1.165, 1.54) is 17.1 Å². The van der Waals surface area contributed by atoms with Crippen LogP contribution in [0.1, 0.15) is 0 Å². The topological polar surface area (TPSA) is 85.8 Å². The van der Waals surface area contributed by atoms with Gasteiger partial charge in [-0.15, -0.1) is 12.4 Å². The lowest BCUT2D eigenvalue weighted by Crippen LogP contribution is -2.18. The molecule has 2 heterocycles. The Morgan fingerprint density at radius 1 is 1.47 bits per heavy atom. The van der Waals surface area contributed by atoms with E-state index < -0.39 is 0 Å². The first-order valence-corrected chi connectivity index (χ1v) is 4.00. The van der Waals surface area contributed by atoms with Crippen molar-refractivity contribution in [1.29, 1.82) is 0 Å². The first kappa shape index (κ1) is 11.4. The number of nitrogen functional groups attached to an aromatic ring is 1. The molecule has 15 heavy (non-hydrogen) atoms. The van der Waals surface area contributed by atoms with Crippen LogP contribution in [0.2, 0.25) is 0 Å². The van der Waals surface area contributed by atoms with E-state index in [1.807, 2.05) is 0 Å². The second-order valence-corrected chi connectivity index (χ2v) is 2.89. The zero-order chi connectivity index (χ0) is 10.1. The first-order valence-electron chi connectivity index (χ1n) is 4.00. The first-order chi connectivity index (χ1) is 6.72. The molecule has 80 valence electrons. The zero-order valence-corrected chi connectivity index (χ0v) is 8.78. The second kappa shape index (κ2) is 4.24. The van der Waals surface area contributed by atoms with Gasteiger partial charge in [0.15, 0.2) is 0 Å². The van der Waals surface area contributed by atoms with Crippen molar-refractivity contribution in [3.05, 3.63) is 28.9 Å². The number of hydrazine groups is 1. The molecular weight excluding hydrogens is 218 g/mol. The number of aromatic nitrogens is 3. The number of anilines is 1. The van der Waals surface area contributed by atoms with Gasteiger partial charge in [0, 0.05) is 7.05 Å². The minimum absolute atomic E-state index is 0. The third-order valence-electron chi connectivity index (χ3n) is 1.95. The molecule has 0 radical (unpaired) electrons. The van der Waals surface area contributed by atoms with Gasteiger partial charge in [0.2, 0.25) is 0 Å². The highest BCUT2D eigenvalue weighted by atomic mass is 35.5. The fourth-order valence-electron chi connectivity index (χ4n) is 1.19. The molecule has 0 fully saturated rings. The quantitative estimate of drug-likeness (QED) is 0.531. The smallest absolute Gasteiger partial charge is 0.261 e. The Balaban J connectivity index is 0.00000112. The highest BCUT2D eigenvalue weighted by Crippen LogP contribution is 2.08. The summed E-state index contributed by atoms with van der Waals surface area (Å²) in [4.78, 5) is 19.6. The van der Waals surface area contributed by atoms with Crippen molar-refractivity contribution < 1.29 is 0 Å². The monoisotopic (exact) mass is 227 g/mol. The van der Waals surface area contributed by atoms with Crippen LogP contribution < -0.4 is 16.8 Å². The van der Waals surface area contributed by atoms with Crippen LogP contribution in [0.25, 0.3) is 10.9 Å². The minimum atomic E-state index is -0.117. The van der Waals surface area contributed by atoms with Crippen molar-refractivity contribution in [2.45, 2.75) is 0 Å².